The molecule has 29 heavy (non-hydrogen) atoms. The largest absolute Gasteiger partial charge is 0.324 e. The second-order valence-electron chi connectivity index (χ2n) is 6.19. The van der Waals surface area contributed by atoms with Gasteiger partial charge in [-0.25, -0.2) is 8.42 Å². The highest BCUT2D eigenvalue weighted by Crippen LogP contribution is 2.30. The molecule has 10 heteroatoms. The summed E-state index contributed by atoms with van der Waals surface area (Å²) < 4.78 is 25.1. The summed E-state index contributed by atoms with van der Waals surface area (Å²) in [7, 11) is -3.41. The van der Waals surface area contributed by atoms with Crippen molar-refractivity contribution >= 4 is 50.2 Å². The Balaban J connectivity index is 1.79. The van der Waals surface area contributed by atoms with E-state index in [0.717, 1.165) is 6.26 Å². The number of anilines is 3. The molecule has 2 aromatic heterocycles. The van der Waals surface area contributed by atoms with Gasteiger partial charge >= 0.3 is 0 Å². The zero-order valence-electron chi connectivity index (χ0n) is 15.6. The van der Waals surface area contributed by atoms with Gasteiger partial charge in [0.1, 0.15) is 0 Å². The molecular weight excluding hydrogens is 412 g/mol. The van der Waals surface area contributed by atoms with Gasteiger partial charge in [-0.15, -0.1) is 11.3 Å². The van der Waals surface area contributed by atoms with Gasteiger partial charge in [-0.1, -0.05) is 6.07 Å². The summed E-state index contributed by atoms with van der Waals surface area (Å²) in [5, 5.41) is 7.25. The first kappa shape index (κ1) is 20.5. The minimum atomic E-state index is -3.41. The van der Waals surface area contributed by atoms with E-state index in [-0.39, 0.29) is 11.8 Å². The predicted molar refractivity (Wildman–Crippen MR) is 115 cm³/mol. The number of thiophene rings is 1. The molecule has 3 rings (SSSR count). The topological polar surface area (TPSA) is 117 Å². The number of rotatable bonds is 6. The second kappa shape index (κ2) is 8.41. The van der Waals surface area contributed by atoms with Crippen molar-refractivity contribution in [2.75, 3.05) is 21.6 Å². The van der Waals surface area contributed by atoms with Crippen LogP contribution in [0.4, 0.5) is 17.1 Å². The molecule has 0 saturated heterocycles. The van der Waals surface area contributed by atoms with Crippen LogP contribution in [0.25, 0.3) is 11.3 Å². The first-order chi connectivity index (χ1) is 13.7. The molecule has 0 fully saturated rings. The molecule has 3 N–H and O–H groups in total. The number of carbonyl (C=O) groups is 2. The van der Waals surface area contributed by atoms with Crippen molar-refractivity contribution < 1.29 is 18.0 Å². The third-order valence-electron chi connectivity index (χ3n) is 3.64. The van der Waals surface area contributed by atoms with Crippen LogP contribution in [0.5, 0.6) is 0 Å². The molecule has 0 bridgehead atoms. The summed E-state index contributed by atoms with van der Waals surface area (Å²) in [5.41, 5.74) is 2.64. The van der Waals surface area contributed by atoms with Crippen LogP contribution >= 0.6 is 11.3 Å². The molecule has 0 aliphatic carbocycles. The quantitative estimate of drug-likeness (QED) is 0.554. The lowest BCUT2D eigenvalue weighted by atomic mass is 10.1. The molecule has 0 aliphatic rings. The summed E-state index contributed by atoms with van der Waals surface area (Å²) in [6, 6.07) is 11.6. The van der Waals surface area contributed by atoms with Gasteiger partial charge in [-0.05, 0) is 36.4 Å². The van der Waals surface area contributed by atoms with Crippen molar-refractivity contribution in [2.45, 2.75) is 6.92 Å². The zero-order chi connectivity index (χ0) is 21.0. The van der Waals surface area contributed by atoms with Crippen LogP contribution in [0.3, 0.4) is 0 Å². The Labute approximate surface area is 172 Å². The average molecular weight is 431 g/mol. The highest BCUT2D eigenvalue weighted by Gasteiger charge is 2.14. The molecule has 0 saturated carbocycles. The molecule has 0 aliphatic heterocycles. The number of hydrogen-bond acceptors (Lipinski definition) is 6. The van der Waals surface area contributed by atoms with Crippen LogP contribution in [0.2, 0.25) is 0 Å². The maximum atomic E-state index is 12.6. The van der Waals surface area contributed by atoms with E-state index in [4.69, 9.17) is 0 Å². The van der Waals surface area contributed by atoms with Crippen molar-refractivity contribution in [1.29, 1.82) is 0 Å². The lowest BCUT2D eigenvalue weighted by Gasteiger charge is -2.08. The van der Waals surface area contributed by atoms with E-state index < -0.39 is 10.0 Å². The van der Waals surface area contributed by atoms with E-state index >= 15 is 0 Å². The summed E-state index contributed by atoms with van der Waals surface area (Å²) in [6.07, 6.45) is 2.66. The maximum Gasteiger partial charge on any atom is 0.265 e. The summed E-state index contributed by atoms with van der Waals surface area (Å²) in [5.74, 6) is -0.551. The van der Waals surface area contributed by atoms with Crippen molar-refractivity contribution in [3.8, 4) is 11.3 Å². The fourth-order valence-electron chi connectivity index (χ4n) is 2.57. The maximum absolute atomic E-state index is 12.6. The average Bonchev–Trinajstić information content (AvgIpc) is 3.10. The first-order valence-electron chi connectivity index (χ1n) is 8.42. The summed E-state index contributed by atoms with van der Waals surface area (Å²) in [6.45, 7) is 1.41. The van der Waals surface area contributed by atoms with Crippen LogP contribution in [0.1, 0.15) is 16.6 Å². The lowest BCUT2D eigenvalue weighted by molar-refractivity contribution is -0.114. The van der Waals surface area contributed by atoms with Gasteiger partial charge in [-0.3, -0.25) is 19.3 Å². The number of sulfonamides is 1. The predicted octanol–water partition coefficient (Wildman–Crippen LogP) is 3.39. The molecule has 3 aromatic rings. The smallest absolute Gasteiger partial charge is 0.265 e. The van der Waals surface area contributed by atoms with E-state index in [1.807, 2.05) is 0 Å². The Bertz CT molecular complexity index is 1170. The molecule has 0 radical (unpaired) electrons. The number of nitrogens with zero attached hydrogens (tertiary/aromatic N) is 1. The minimum Gasteiger partial charge on any atom is -0.324 e. The molecule has 0 spiro atoms. The van der Waals surface area contributed by atoms with Crippen molar-refractivity contribution in [1.82, 2.24) is 4.98 Å². The fraction of sp³-hybridized carbons (Fsp3) is 0.105. The van der Waals surface area contributed by atoms with Crippen LogP contribution in [-0.4, -0.2) is 31.5 Å². The van der Waals surface area contributed by atoms with Crippen molar-refractivity contribution in [3.05, 3.63) is 58.9 Å². The molecular formula is C19H18N4O4S2. The molecule has 150 valence electrons. The normalized spacial score (nSPS) is 11.0. The van der Waals surface area contributed by atoms with Crippen LogP contribution < -0.4 is 15.4 Å². The molecule has 0 atom stereocenters. The number of hydrogen-bond donors (Lipinski definition) is 3. The van der Waals surface area contributed by atoms with Gasteiger partial charge in [0, 0.05) is 29.8 Å². The monoisotopic (exact) mass is 430 g/mol. The number of pyridine rings is 1. The number of amides is 2. The molecule has 0 unspecified atom stereocenters. The second-order valence-corrected chi connectivity index (χ2v) is 8.85. The third kappa shape index (κ3) is 5.62. The highest BCUT2D eigenvalue weighted by molar-refractivity contribution is 7.92. The van der Waals surface area contributed by atoms with Crippen molar-refractivity contribution in [3.63, 3.8) is 0 Å². The Hall–Kier alpha value is -3.24. The molecule has 2 heterocycles. The van der Waals surface area contributed by atoms with Gasteiger partial charge in [0.15, 0.2) is 0 Å². The Morgan fingerprint density at radius 2 is 1.79 bits per heavy atom. The van der Waals surface area contributed by atoms with Crippen LogP contribution in [-0.2, 0) is 14.8 Å². The zero-order valence-corrected chi connectivity index (χ0v) is 17.2. The van der Waals surface area contributed by atoms with E-state index in [1.165, 1.54) is 24.3 Å². The Kier molecular flexibility index (Phi) is 5.95. The molecule has 8 nitrogen and oxygen atoms in total. The molecule has 1 aromatic carbocycles. The molecule has 2 amide bonds. The minimum absolute atomic E-state index is 0.213. The van der Waals surface area contributed by atoms with Gasteiger partial charge < -0.3 is 10.6 Å². The Morgan fingerprint density at radius 1 is 1.03 bits per heavy atom. The third-order valence-corrected chi connectivity index (χ3v) is 5.17. The number of benzene rings is 1. The van der Waals surface area contributed by atoms with Gasteiger partial charge in [0.25, 0.3) is 5.91 Å². The number of nitrogens with one attached hydrogen (secondary N) is 3. The van der Waals surface area contributed by atoms with Gasteiger partial charge in [-0.2, -0.15) is 0 Å². The fourth-order valence-corrected chi connectivity index (χ4v) is 3.91. The van der Waals surface area contributed by atoms with Crippen molar-refractivity contribution in [2.24, 2.45) is 0 Å². The summed E-state index contributed by atoms with van der Waals surface area (Å²) >= 11 is 1.24. The van der Waals surface area contributed by atoms with E-state index in [0.29, 0.717) is 33.2 Å². The van der Waals surface area contributed by atoms with E-state index in [2.05, 4.69) is 20.3 Å². The van der Waals surface area contributed by atoms with Gasteiger partial charge in [0.2, 0.25) is 15.9 Å². The Morgan fingerprint density at radius 3 is 2.52 bits per heavy atom. The van der Waals surface area contributed by atoms with Crippen LogP contribution in [0, 0.1) is 0 Å². The SMILES string of the molecule is CC(=O)Nc1cccnc1-c1csc(C(=O)Nc2cccc(NS(C)(=O)=O)c2)c1. The first-order valence-corrected chi connectivity index (χ1v) is 11.2. The number of aromatic nitrogens is 1. The standard InChI is InChI=1S/C19H18N4O4S2/c1-12(24)21-16-7-4-8-20-18(16)13-9-17(28-11-13)19(25)22-14-5-3-6-15(10-14)23-29(2,26)27/h3-11,23H,1-2H3,(H,21,24)(H,22,25). The lowest BCUT2D eigenvalue weighted by Crippen LogP contribution is -2.12. The summed E-state index contributed by atoms with van der Waals surface area (Å²) in [4.78, 5) is 28.7. The number of carbonyl (C=O) groups excluding carboxylic acids is 2. The van der Waals surface area contributed by atoms with E-state index in [9.17, 15) is 18.0 Å². The van der Waals surface area contributed by atoms with Gasteiger partial charge in [0.05, 0.1) is 28.2 Å². The highest BCUT2D eigenvalue weighted by atomic mass is 32.2. The van der Waals surface area contributed by atoms with E-state index in [1.54, 1.807) is 48.0 Å². The van der Waals surface area contributed by atoms with Crippen LogP contribution in [0.15, 0.2) is 54.0 Å².